The van der Waals surface area contributed by atoms with Gasteiger partial charge in [0.05, 0.1) is 18.4 Å². The lowest BCUT2D eigenvalue weighted by atomic mass is 9.99. The van der Waals surface area contributed by atoms with Crippen LogP contribution in [0, 0.1) is 12.8 Å². The molecule has 1 aromatic carbocycles. The minimum Gasteiger partial charge on any atom is -0.478 e. The Morgan fingerprint density at radius 1 is 1.23 bits per heavy atom. The Balaban J connectivity index is 2.00. The molecule has 1 aromatic heterocycles. The Kier molecular flexibility index (Phi) is 5.40. The fourth-order valence-corrected chi connectivity index (χ4v) is 3.07. The summed E-state index contributed by atoms with van der Waals surface area (Å²) in [7, 11) is 0. The van der Waals surface area contributed by atoms with Crippen molar-refractivity contribution in [2.75, 3.05) is 19.7 Å². The number of aromatic nitrogens is 2. The van der Waals surface area contributed by atoms with Gasteiger partial charge in [-0.1, -0.05) is 24.6 Å². The van der Waals surface area contributed by atoms with Gasteiger partial charge in [0.2, 0.25) is 11.3 Å². The number of amides is 1. The van der Waals surface area contributed by atoms with Crippen LogP contribution in [-0.2, 0) is 0 Å². The van der Waals surface area contributed by atoms with E-state index in [0.717, 1.165) is 24.1 Å². The molecule has 0 saturated carbocycles. The van der Waals surface area contributed by atoms with Crippen molar-refractivity contribution in [1.82, 2.24) is 14.7 Å². The SMILES string of the molecule is CCOc1cc(=O)c(C(=O)N2CCC(C)CC2)nn1-c1ccc(C)cc1. The van der Waals surface area contributed by atoms with Gasteiger partial charge in [0.25, 0.3) is 5.91 Å². The maximum atomic E-state index is 12.8. The van der Waals surface area contributed by atoms with Crippen LogP contribution in [0.2, 0.25) is 0 Å². The first-order chi connectivity index (χ1) is 12.5. The molecule has 6 heteroatoms. The van der Waals surface area contributed by atoms with Crippen LogP contribution in [0.15, 0.2) is 35.1 Å². The smallest absolute Gasteiger partial charge is 0.278 e. The van der Waals surface area contributed by atoms with Crippen LogP contribution < -0.4 is 10.2 Å². The van der Waals surface area contributed by atoms with E-state index in [1.165, 1.54) is 10.7 Å². The Bertz CT molecular complexity index is 834. The van der Waals surface area contributed by atoms with E-state index >= 15 is 0 Å². The highest BCUT2D eigenvalue weighted by Crippen LogP contribution is 2.19. The fourth-order valence-electron chi connectivity index (χ4n) is 3.07. The number of piperidine rings is 1. The zero-order valence-corrected chi connectivity index (χ0v) is 15.6. The average molecular weight is 355 g/mol. The highest BCUT2D eigenvalue weighted by atomic mass is 16.5. The normalized spacial score (nSPS) is 15.1. The third-order valence-electron chi connectivity index (χ3n) is 4.74. The van der Waals surface area contributed by atoms with Crippen LogP contribution >= 0.6 is 0 Å². The lowest BCUT2D eigenvalue weighted by Crippen LogP contribution is -2.41. The molecule has 0 radical (unpaired) electrons. The molecular formula is C20H25N3O3. The van der Waals surface area contributed by atoms with Crippen LogP contribution in [0.4, 0.5) is 0 Å². The molecule has 0 spiro atoms. The molecule has 0 N–H and O–H groups in total. The first-order valence-electron chi connectivity index (χ1n) is 9.13. The van der Waals surface area contributed by atoms with Gasteiger partial charge in [0.15, 0.2) is 5.69 Å². The number of hydrogen-bond donors (Lipinski definition) is 0. The quantitative estimate of drug-likeness (QED) is 0.846. The summed E-state index contributed by atoms with van der Waals surface area (Å²) >= 11 is 0. The number of carbonyl (C=O) groups excluding carboxylic acids is 1. The number of carbonyl (C=O) groups is 1. The number of likely N-dealkylation sites (tertiary alicyclic amines) is 1. The second-order valence-electron chi connectivity index (χ2n) is 6.85. The molecule has 1 aliphatic rings. The summed E-state index contributed by atoms with van der Waals surface area (Å²) in [5.41, 5.74) is 1.41. The molecule has 2 aromatic rings. The van der Waals surface area contributed by atoms with E-state index < -0.39 is 5.43 Å². The Labute approximate surface area is 153 Å². The molecule has 26 heavy (non-hydrogen) atoms. The van der Waals surface area contributed by atoms with E-state index in [1.54, 1.807) is 4.90 Å². The van der Waals surface area contributed by atoms with Crippen LogP contribution in [0.25, 0.3) is 5.69 Å². The van der Waals surface area contributed by atoms with Crippen molar-refractivity contribution in [2.45, 2.75) is 33.6 Å². The first kappa shape index (κ1) is 18.2. The lowest BCUT2D eigenvalue weighted by molar-refractivity contribution is 0.0687. The number of rotatable bonds is 4. The summed E-state index contributed by atoms with van der Waals surface area (Å²) in [6.45, 7) is 7.76. The highest BCUT2D eigenvalue weighted by Gasteiger charge is 2.25. The highest BCUT2D eigenvalue weighted by molar-refractivity contribution is 5.92. The number of ether oxygens (including phenoxy) is 1. The van der Waals surface area contributed by atoms with Gasteiger partial charge in [-0.3, -0.25) is 9.59 Å². The molecular weight excluding hydrogens is 330 g/mol. The number of nitrogens with zero attached hydrogens (tertiary/aromatic N) is 3. The van der Waals surface area contributed by atoms with Gasteiger partial charge < -0.3 is 9.64 Å². The van der Waals surface area contributed by atoms with Gasteiger partial charge in [0.1, 0.15) is 0 Å². The Morgan fingerprint density at radius 3 is 2.50 bits per heavy atom. The van der Waals surface area contributed by atoms with Crippen molar-refractivity contribution < 1.29 is 9.53 Å². The Hall–Kier alpha value is -2.63. The largest absolute Gasteiger partial charge is 0.478 e. The van der Waals surface area contributed by atoms with Crippen LogP contribution in [-0.4, -0.2) is 40.3 Å². The molecule has 138 valence electrons. The van der Waals surface area contributed by atoms with Crippen molar-refractivity contribution in [3.05, 3.63) is 51.8 Å². The van der Waals surface area contributed by atoms with Crippen LogP contribution in [0.3, 0.4) is 0 Å². The van der Waals surface area contributed by atoms with Gasteiger partial charge >= 0.3 is 0 Å². The minimum absolute atomic E-state index is 0.0522. The third kappa shape index (κ3) is 3.79. The zero-order chi connectivity index (χ0) is 18.7. The average Bonchev–Trinajstić information content (AvgIpc) is 2.63. The van der Waals surface area contributed by atoms with E-state index in [0.29, 0.717) is 31.5 Å². The second kappa shape index (κ2) is 7.72. The summed E-state index contributed by atoms with van der Waals surface area (Å²) in [5.74, 6) is 0.646. The predicted octanol–water partition coefficient (Wildman–Crippen LogP) is 2.81. The summed E-state index contributed by atoms with van der Waals surface area (Å²) in [6, 6.07) is 9.06. The molecule has 0 unspecified atom stereocenters. The van der Waals surface area contributed by atoms with Gasteiger partial charge in [-0.15, -0.1) is 0 Å². The summed E-state index contributed by atoms with van der Waals surface area (Å²) in [4.78, 5) is 27.1. The summed E-state index contributed by atoms with van der Waals surface area (Å²) < 4.78 is 7.10. The van der Waals surface area contributed by atoms with E-state index in [9.17, 15) is 9.59 Å². The van der Waals surface area contributed by atoms with Crippen molar-refractivity contribution in [3.8, 4) is 11.6 Å². The second-order valence-corrected chi connectivity index (χ2v) is 6.85. The molecule has 0 bridgehead atoms. The maximum absolute atomic E-state index is 12.8. The lowest BCUT2D eigenvalue weighted by Gasteiger charge is -2.30. The van der Waals surface area contributed by atoms with Crippen LogP contribution in [0.1, 0.15) is 42.7 Å². The Morgan fingerprint density at radius 2 is 1.88 bits per heavy atom. The van der Waals surface area contributed by atoms with E-state index in [4.69, 9.17) is 4.74 Å². The molecule has 1 amide bonds. The van der Waals surface area contributed by atoms with Crippen molar-refractivity contribution in [1.29, 1.82) is 0 Å². The number of benzene rings is 1. The molecule has 0 atom stereocenters. The topological polar surface area (TPSA) is 64.4 Å². The molecule has 0 aliphatic carbocycles. The monoisotopic (exact) mass is 355 g/mol. The minimum atomic E-state index is -0.402. The van der Waals surface area contributed by atoms with Crippen molar-refractivity contribution >= 4 is 5.91 Å². The van der Waals surface area contributed by atoms with Crippen molar-refractivity contribution in [3.63, 3.8) is 0 Å². The van der Waals surface area contributed by atoms with Gasteiger partial charge in [-0.2, -0.15) is 5.10 Å². The first-order valence-corrected chi connectivity index (χ1v) is 9.13. The standard InChI is InChI=1S/C20H25N3O3/c1-4-26-18-13-17(24)19(20(25)22-11-9-15(3)10-12-22)21-23(18)16-7-5-14(2)6-8-16/h5-8,13,15H,4,9-12H2,1-3H3. The van der Waals surface area contributed by atoms with E-state index in [2.05, 4.69) is 12.0 Å². The molecule has 1 fully saturated rings. The van der Waals surface area contributed by atoms with Crippen molar-refractivity contribution in [2.24, 2.45) is 5.92 Å². The fraction of sp³-hybridized carbons (Fsp3) is 0.450. The number of aryl methyl sites for hydroxylation is 1. The van der Waals surface area contributed by atoms with E-state index in [1.807, 2.05) is 38.1 Å². The van der Waals surface area contributed by atoms with Gasteiger partial charge in [-0.05, 0) is 44.7 Å². The maximum Gasteiger partial charge on any atom is 0.278 e. The van der Waals surface area contributed by atoms with Gasteiger partial charge in [-0.25, -0.2) is 4.68 Å². The third-order valence-corrected chi connectivity index (χ3v) is 4.74. The van der Waals surface area contributed by atoms with Gasteiger partial charge in [0, 0.05) is 13.1 Å². The molecule has 1 aliphatic heterocycles. The number of hydrogen-bond acceptors (Lipinski definition) is 4. The van der Waals surface area contributed by atoms with E-state index in [-0.39, 0.29) is 11.6 Å². The summed E-state index contributed by atoms with van der Waals surface area (Å²) in [6.07, 6.45) is 1.91. The summed E-state index contributed by atoms with van der Waals surface area (Å²) in [5, 5.41) is 4.37. The van der Waals surface area contributed by atoms with Crippen LogP contribution in [0.5, 0.6) is 5.88 Å². The molecule has 1 saturated heterocycles. The molecule has 6 nitrogen and oxygen atoms in total. The molecule has 3 rings (SSSR count). The predicted molar refractivity (Wildman–Crippen MR) is 100 cm³/mol. The zero-order valence-electron chi connectivity index (χ0n) is 15.6. The molecule has 2 heterocycles.